The molecule has 1 heterocycles. The van der Waals surface area contributed by atoms with Crippen molar-refractivity contribution in [2.45, 2.75) is 120 Å². The van der Waals surface area contributed by atoms with Gasteiger partial charge in [0, 0.05) is 49.7 Å². The zero-order valence-corrected chi connectivity index (χ0v) is 42.4. The van der Waals surface area contributed by atoms with Crippen LogP contribution in [0.1, 0.15) is 89.2 Å². The van der Waals surface area contributed by atoms with Gasteiger partial charge in [-0.3, -0.25) is 4.79 Å². The maximum absolute atomic E-state index is 13.0. The summed E-state index contributed by atoms with van der Waals surface area (Å²) in [5, 5.41) is 78.0. The summed E-state index contributed by atoms with van der Waals surface area (Å²) in [4.78, 5) is 12.5. The highest BCUT2D eigenvalue weighted by molar-refractivity contribution is 5.74. The van der Waals surface area contributed by atoms with Crippen molar-refractivity contribution in [3.63, 3.8) is 0 Å². The highest BCUT2D eigenvalue weighted by atomic mass is 16.5. The fraction of sp³-hybridized carbons (Fsp3) is 0.667. The summed E-state index contributed by atoms with van der Waals surface area (Å²) in [6.07, 6.45) is 19.2. The molecular formula is C57H87N3O9. The van der Waals surface area contributed by atoms with Crippen molar-refractivity contribution in [2.24, 2.45) is 46.8 Å². The van der Waals surface area contributed by atoms with E-state index in [9.17, 15) is 35.4 Å². The molecule has 4 aliphatic carbocycles. The second kappa shape index (κ2) is 25.5. The molecule has 1 aliphatic heterocycles. The van der Waals surface area contributed by atoms with Gasteiger partial charge in [-0.25, -0.2) is 0 Å². The lowest BCUT2D eigenvalue weighted by atomic mass is 9.45. The molecule has 12 nitrogen and oxygen atoms in total. The Kier molecular flexibility index (Phi) is 20.4. The molecule has 6 rings (SSSR count). The third kappa shape index (κ3) is 12.6. The largest absolute Gasteiger partial charge is 0.396 e. The number of hydrogen-bond acceptors (Lipinski definition) is 12. The van der Waals surface area contributed by atoms with E-state index in [1.165, 1.54) is 16.7 Å². The minimum absolute atomic E-state index is 0.0625. The first-order valence-electron chi connectivity index (χ1n) is 26.0. The average Bonchev–Trinajstić information content (AvgIpc) is 3.69. The minimum Gasteiger partial charge on any atom is -0.396 e. The van der Waals surface area contributed by atoms with Crippen LogP contribution in [-0.2, 0) is 27.1 Å². The number of rotatable bonds is 21. The van der Waals surface area contributed by atoms with Gasteiger partial charge in [-0.1, -0.05) is 84.0 Å². The fourth-order valence-electron chi connectivity index (χ4n) is 13.7. The molecular weight excluding hydrogens is 871 g/mol. The lowest BCUT2D eigenvalue weighted by Crippen LogP contribution is -2.65. The summed E-state index contributed by atoms with van der Waals surface area (Å²) in [5.74, 6) is -0.345. The number of nitrogens with one attached hydrogen (secondary N) is 3. The first-order valence-corrected chi connectivity index (χ1v) is 26.0. The van der Waals surface area contributed by atoms with Gasteiger partial charge in [0.15, 0.2) is 0 Å². The maximum atomic E-state index is 13.0. The van der Waals surface area contributed by atoms with Gasteiger partial charge >= 0.3 is 0 Å². The summed E-state index contributed by atoms with van der Waals surface area (Å²) >= 11 is 0. The summed E-state index contributed by atoms with van der Waals surface area (Å²) in [7, 11) is 5.65. The van der Waals surface area contributed by atoms with E-state index >= 15 is 0 Å². The van der Waals surface area contributed by atoms with E-state index in [0.29, 0.717) is 63.3 Å². The Morgan fingerprint density at radius 1 is 1.09 bits per heavy atom. The van der Waals surface area contributed by atoms with Crippen LogP contribution >= 0.6 is 0 Å². The molecule has 3 saturated carbocycles. The van der Waals surface area contributed by atoms with E-state index in [1.54, 1.807) is 7.11 Å². The lowest BCUT2D eigenvalue weighted by Gasteiger charge is -2.61. The van der Waals surface area contributed by atoms with Crippen molar-refractivity contribution in [1.29, 1.82) is 0 Å². The van der Waals surface area contributed by atoms with E-state index in [2.05, 4.69) is 78.0 Å². The quantitative estimate of drug-likeness (QED) is 0.0334. The molecule has 3 fully saturated rings. The van der Waals surface area contributed by atoms with Gasteiger partial charge in [-0.15, -0.1) is 0 Å². The van der Waals surface area contributed by atoms with E-state index in [4.69, 9.17) is 9.47 Å². The van der Waals surface area contributed by atoms with Crippen LogP contribution in [0.5, 0.6) is 0 Å². The van der Waals surface area contributed by atoms with Crippen molar-refractivity contribution in [1.82, 2.24) is 16.0 Å². The molecule has 9 N–H and O–H groups in total. The molecule has 5 aliphatic rings. The molecule has 384 valence electrons. The fourth-order valence-corrected chi connectivity index (χ4v) is 13.7. The zero-order valence-electron chi connectivity index (χ0n) is 42.4. The smallest absolute Gasteiger partial charge is 0.145 e. The lowest BCUT2D eigenvalue weighted by molar-refractivity contribution is -0.194. The van der Waals surface area contributed by atoms with Crippen LogP contribution in [-0.4, -0.2) is 140 Å². The first kappa shape index (κ1) is 55.2. The van der Waals surface area contributed by atoms with Gasteiger partial charge in [0.05, 0.1) is 37.6 Å². The molecule has 0 unspecified atom stereocenters. The highest BCUT2D eigenvalue weighted by Crippen LogP contribution is 2.67. The maximum Gasteiger partial charge on any atom is 0.145 e. The van der Waals surface area contributed by atoms with Crippen LogP contribution in [0.2, 0.25) is 0 Å². The number of aldehydes is 1. The number of ether oxygens (including phenoxy) is 2. The molecule has 13 atom stereocenters. The molecule has 4 bridgehead atoms. The third-order valence-corrected chi connectivity index (χ3v) is 17.2. The zero-order chi connectivity index (χ0) is 49.8. The number of fused-ring (bicyclic) bond motifs is 5. The predicted molar refractivity (Wildman–Crippen MR) is 273 cm³/mol. The second-order valence-electron chi connectivity index (χ2n) is 21.5. The van der Waals surface area contributed by atoms with Gasteiger partial charge < -0.3 is 56.1 Å². The predicted octanol–water partition coefficient (Wildman–Crippen LogP) is 5.33. The molecule has 1 aromatic carbocycles. The normalized spacial score (nSPS) is 36.1. The van der Waals surface area contributed by atoms with Gasteiger partial charge in [-0.05, 0) is 170 Å². The summed E-state index contributed by atoms with van der Waals surface area (Å²) < 4.78 is 11.8. The molecule has 0 amide bonds. The van der Waals surface area contributed by atoms with Crippen molar-refractivity contribution in [3.8, 4) is 0 Å². The Bertz CT molecular complexity index is 2010. The van der Waals surface area contributed by atoms with Gasteiger partial charge in [-0.2, -0.15) is 0 Å². The molecule has 1 spiro atoms. The van der Waals surface area contributed by atoms with E-state index < -0.39 is 35.7 Å². The number of aliphatic hydroxyl groups excluding tert-OH is 5. The van der Waals surface area contributed by atoms with E-state index in [0.717, 1.165) is 74.5 Å². The van der Waals surface area contributed by atoms with Gasteiger partial charge in [0.25, 0.3) is 0 Å². The Balaban J connectivity index is 1.32. The van der Waals surface area contributed by atoms with Crippen LogP contribution in [0.25, 0.3) is 0 Å². The van der Waals surface area contributed by atoms with Crippen LogP contribution < -0.4 is 16.0 Å². The number of benzene rings is 1. The van der Waals surface area contributed by atoms with E-state index in [-0.39, 0.29) is 61.1 Å². The SMILES string of the molecule is C=C(/C=C/C=C(/COC[C@H](O)CO)[C@@H]1CC[C@]2([C@@H]1O)[C@@H]1C(=C(C)C=O)[C@@H](C=C[C@H]1CCO)C[C@]2(O)CCNC)[C@H]1C/C=C(\C)CN[C@](CCOC)([C@@H]2C[C@@H](O)CC[C@H]2CNC)Cc2cccc(c2)C1. The van der Waals surface area contributed by atoms with E-state index in [1.807, 2.05) is 33.2 Å². The molecule has 0 aromatic heterocycles. The number of carbonyl (C=O) groups excluding carboxylic acids is 1. The third-order valence-electron chi connectivity index (χ3n) is 17.2. The van der Waals surface area contributed by atoms with Crippen LogP contribution in [0, 0.1) is 46.8 Å². The number of hydrogen-bond donors (Lipinski definition) is 9. The average molecular weight is 958 g/mol. The van der Waals surface area contributed by atoms with Crippen LogP contribution in [0.3, 0.4) is 0 Å². The highest BCUT2D eigenvalue weighted by Gasteiger charge is 2.68. The molecule has 0 saturated heterocycles. The summed E-state index contributed by atoms with van der Waals surface area (Å²) in [5.41, 5.74) is 4.51. The standard InChI is InChI=1S/C57H87N3O9/c1-38-13-14-44(28-41-10-8-11-42(27-41)30-55(60-32-38,23-26-68-6)51-29-48(64)18-17-46(51)33-59-5)39(2)9-7-12-47(36-69-37-49(65)35-63)50-19-21-57(54(50)66)53-43(20-25-61)15-16-45(52(53)40(3)34-62)31-56(57,67)22-24-58-4/h7-13,15-16,27,34,43-46,48-51,53-54,58-61,63-67H,2,14,17-26,28-33,35-37H2,1,3-6H3/b9-7+,38-13+,47-12-,52-40?/t43-,44-,45-,46-,48-,49+,50-,51+,53-,54+,55-,56+,57+/m0/s1. The topological polar surface area (TPSA) is 193 Å². The number of allylic oxidation sites excluding steroid dienone is 9. The minimum atomic E-state index is -1.28. The number of aliphatic hydroxyl groups is 6. The number of methoxy groups -OCH3 is 1. The number of carbonyl (C=O) groups is 1. The Labute approximate surface area is 413 Å². The molecule has 12 heteroatoms. The van der Waals surface area contributed by atoms with Crippen molar-refractivity contribution >= 4 is 6.29 Å². The first-order chi connectivity index (χ1) is 33.2. The van der Waals surface area contributed by atoms with Crippen molar-refractivity contribution < 1.29 is 44.9 Å². The molecule has 69 heavy (non-hydrogen) atoms. The second-order valence-corrected chi connectivity index (χ2v) is 21.5. The monoisotopic (exact) mass is 958 g/mol. The summed E-state index contributed by atoms with van der Waals surface area (Å²) in [6.45, 7) is 11.0. The Hall–Kier alpha value is -3.11. The van der Waals surface area contributed by atoms with Crippen LogP contribution in [0.15, 0.2) is 95.2 Å². The summed E-state index contributed by atoms with van der Waals surface area (Å²) in [6, 6.07) is 8.95. The molecule has 0 radical (unpaired) electrons. The Morgan fingerprint density at radius 2 is 1.88 bits per heavy atom. The van der Waals surface area contributed by atoms with Crippen LogP contribution in [0.4, 0.5) is 0 Å². The van der Waals surface area contributed by atoms with Crippen molar-refractivity contribution in [2.75, 3.05) is 73.9 Å². The Morgan fingerprint density at radius 3 is 2.61 bits per heavy atom. The van der Waals surface area contributed by atoms with Gasteiger partial charge in [0.1, 0.15) is 12.4 Å². The van der Waals surface area contributed by atoms with Crippen molar-refractivity contribution in [3.05, 3.63) is 106 Å². The van der Waals surface area contributed by atoms with Gasteiger partial charge in [0.2, 0.25) is 0 Å². The molecule has 1 aromatic rings.